The lowest BCUT2D eigenvalue weighted by Crippen LogP contribution is -2.26. The van der Waals surface area contributed by atoms with Crippen LogP contribution in [-0.4, -0.2) is 42.9 Å². The van der Waals surface area contributed by atoms with E-state index < -0.39 is 0 Å². The molecule has 5 nitrogen and oxygen atoms in total. The summed E-state index contributed by atoms with van der Waals surface area (Å²) in [6, 6.07) is 19.0. The first-order valence-electron chi connectivity index (χ1n) is 9.80. The lowest BCUT2D eigenvalue weighted by atomic mass is 9.99. The molecule has 0 aliphatic heterocycles. The number of nitrogens with zero attached hydrogens (tertiary/aromatic N) is 3. The van der Waals surface area contributed by atoms with Crippen LogP contribution in [0.15, 0.2) is 66.9 Å². The highest BCUT2D eigenvalue weighted by Crippen LogP contribution is 2.33. The van der Waals surface area contributed by atoms with Gasteiger partial charge in [0, 0.05) is 23.9 Å². The third-order valence-corrected chi connectivity index (χ3v) is 4.78. The van der Waals surface area contributed by atoms with Gasteiger partial charge in [-0.3, -0.25) is 4.79 Å². The molecule has 0 bridgehead atoms. The number of nitrogen functional groups attached to an aromatic ring is 1. The van der Waals surface area contributed by atoms with Crippen molar-refractivity contribution in [1.82, 2.24) is 9.88 Å². The minimum Gasteiger partial charge on any atom is -0.396 e. The van der Waals surface area contributed by atoms with Crippen LogP contribution in [0.4, 0.5) is 17.2 Å². The first-order valence-corrected chi connectivity index (χ1v) is 9.80. The lowest BCUT2D eigenvalue weighted by molar-refractivity contribution is 0.103. The number of aryl methyl sites for hydroxylation is 1. The Morgan fingerprint density at radius 2 is 1.76 bits per heavy atom. The number of rotatable bonds is 8. The second-order valence-corrected chi connectivity index (χ2v) is 7.44. The van der Waals surface area contributed by atoms with Crippen LogP contribution >= 0.6 is 0 Å². The van der Waals surface area contributed by atoms with E-state index in [0.29, 0.717) is 29.2 Å². The first kappa shape index (κ1) is 20.6. The molecule has 0 aliphatic rings. The number of carbonyl (C=O) groups excluding carboxylic acids is 1. The van der Waals surface area contributed by atoms with Crippen LogP contribution in [0.25, 0.3) is 0 Å². The first-order chi connectivity index (χ1) is 14.0. The van der Waals surface area contributed by atoms with Gasteiger partial charge in [-0.25, -0.2) is 4.98 Å². The molecular formula is C24H28N4O. The second kappa shape index (κ2) is 9.34. The molecule has 0 saturated heterocycles. The SMILES string of the molecule is Cc1ccc(N(CCCN(C)C)c2ncccc2N)c(C(=O)c2ccccc2)c1. The molecule has 0 spiro atoms. The molecule has 3 aromatic rings. The van der Waals surface area contributed by atoms with Gasteiger partial charge >= 0.3 is 0 Å². The van der Waals surface area contributed by atoms with E-state index in [1.807, 2.05) is 67.6 Å². The van der Waals surface area contributed by atoms with Crippen LogP contribution < -0.4 is 10.6 Å². The highest BCUT2D eigenvalue weighted by molar-refractivity contribution is 6.13. The van der Waals surface area contributed by atoms with E-state index >= 15 is 0 Å². The quantitative estimate of drug-likeness (QED) is 0.583. The van der Waals surface area contributed by atoms with Crippen LogP contribution in [0.3, 0.4) is 0 Å². The van der Waals surface area contributed by atoms with Crippen LogP contribution in [-0.2, 0) is 0 Å². The molecule has 1 aromatic heterocycles. The molecule has 150 valence electrons. The van der Waals surface area contributed by atoms with Crippen LogP contribution in [0, 0.1) is 6.92 Å². The summed E-state index contributed by atoms with van der Waals surface area (Å²) in [6.07, 6.45) is 2.65. The second-order valence-electron chi connectivity index (χ2n) is 7.44. The maximum absolute atomic E-state index is 13.3. The average Bonchev–Trinajstić information content (AvgIpc) is 2.72. The number of carbonyl (C=O) groups is 1. The zero-order chi connectivity index (χ0) is 20.8. The van der Waals surface area contributed by atoms with Gasteiger partial charge < -0.3 is 15.5 Å². The molecule has 0 saturated carbocycles. The van der Waals surface area contributed by atoms with Gasteiger partial charge in [0.15, 0.2) is 11.6 Å². The Hall–Kier alpha value is -3.18. The topological polar surface area (TPSA) is 62.5 Å². The maximum atomic E-state index is 13.3. The van der Waals surface area contributed by atoms with E-state index in [0.717, 1.165) is 24.2 Å². The van der Waals surface area contributed by atoms with Gasteiger partial charge in [0.25, 0.3) is 0 Å². The van der Waals surface area contributed by atoms with Crippen molar-refractivity contribution in [1.29, 1.82) is 0 Å². The zero-order valence-electron chi connectivity index (χ0n) is 17.3. The zero-order valence-corrected chi connectivity index (χ0v) is 17.3. The molecule has 0 atom stereocenters. The monoisotopic (exact) mass is 388 g/mol. The third-order valence-electron chi connectivity index (χ3n) is 4.78. The Kier molecular flexibility index (Phi) is 6.62. The molecule has 0 unspecified atom stereocenters. The largest absolute Gasteiger partial charge is 0.396 e. The van der Waals surface area contributed by atoms with Crippen molar-refractivity contribution in [2.75, 3.05) is 37.8 Å². The predicted molar refractivity (Wildman–Crippen MR) is 120 cm³/mol. The molecule has 2 N–H and O–H groups in total. The van der Waals surface area contributed by atoms with Crippen LogP contribution in [0.5, 0.6) is 0 Å². The summed E-state index contributed by atoms with van der Waals surface area (Å²) in [5.74, 6) is 0.675. The van der Waals surface area contributed by atoms with Crippen LogP contribution in [0.1, 0.15) is 27.9 Å². The van der Waals surface area contributed by atoms with E-state index in [2.05, 4.69) is 28.9 Å². The molecule has 0 amide bonds. The lowest BCUT2D eigenvalue weighted by Gasteiger charge is -2.28. The fourth-order valence-corrected chi connectivity index (χ4v) is 3.33. The van der Waals surface area contributed by atoms with Gasteiger partial charge in [-0.1, -0.05) is 42.0 Å². The van der Waals surface area contributed by atoms with E-state index in [9.17, 15) is 4.79 Å². The normalized spacial score (nSPS) is 10.9. The molecule has 1 heterocycles. The molecular weight excluding hydrogens is 360 g/mol. The molecule has 5 heteroatoms. The Morgan fingerprint density at radius 3 is 2.45 bits per heavy atom. The van der Waals surface area contributed by atoms with E-state index in [-0.39, 0.29) is 5.78 Å². The van der Waals surface area contributed by atoms with Crippen molar-refractivity contribution in [3.05, 3.63) is 83.6 Å². The number of hydrogen-bond donors (Lipinski definition) is 1. The minimum atomic E-state index is -0.00332. The van der Waals surface area contributed by atoms with Gasteiger partial charge in [0.05, 0.1) is 11.4 Å². The third kappa shape index (κ3) is 5.00. The fraction of sp³-hybridized carbons (Fsp3) is 0.250. The van der Waals surface area contributed by atoms with Gasteiger partial charge in [-0.15, -0.1) is 0 Å². The highest BCUT2D eigenvalue weighted by Gasteiger charge is 2.21. The Labute approximate surface area is 172 Å². The van der Waals surface area contributed by atoms with E-state index in [4.69, 9.17) is 5.73 Å². The summed E-state index contributed by atoms with van der Waals surface area (Å²) in [5, 5.41) is 0. The summed E-state index contributed by atoms with van der Waals surface area (Å²) in [7, 11) is 4.10. The summed E-state index contributed by atoms with van der Waals surface area (Å²) in [6.45, 7) is 3.63. The number of nitrogens with two attached hydrogens (primary N) is 1. The van der Waals surface area contributed by atoms with Gasteiger partial charge in [-0.05, 0) is 58.3 Å². The molecule has 0 aliphatic carbocycles. The highest BCUT2D eigenvalue weighted by atomic mass is 16.1. The Morgan fingerprint density at radius 1 is 1.00 bits per heavy atom. The van der Waals surface area contributed by atoms with Crippen molar-refractivity contribution < 1.29 is 4.79 Å². The molecule has 29 heavy (non-hydrogen) atoms. The number of anilines is 3. The van der Waals surface area contributed by atoms with Crippen molar-refractivity contribution in [3.8, 4) is 0 Å². The van der Waals surface area contributed by atoms with Gasteiger partial charge in [-0.2, -0.15) is 0 Å². The predicted octanol–water partition coefficient (Wildman–Crippen LogP) is 4.29. The van der Waals surface area contributed by atoms with E-state index in [1.54, 1.807) is 6.20 Å². The summed E-state index contributed by atoms with van der Waals surface area (Å²) in [5.41, 5.74) is 10.0. The van der Waals surface area contributed by atoms with Crippen molar-refractivity contribution >= 4 is 23.0 Å². The number of ketones is 1. The van der Waals surface area contributed by atoms with Crippen molar-refractivity contribution in [2.45, 2.75) is 13.3 Å². The average molecular weight is 389 g/mol. The Bertz CT molecular complexity index is 970. The summed E-state index contributed by atoms with van der Waals surface area (Å²) < 4.78 is 0. The van der Waals surface area contributed by atoms with Gasteiger partial charge in [0.2, 0.25) is 0 Å². The smallest absolute Gasteiger partial charge is 0.195 e. The number of hydrogen-bond acceptors (Lipinski definition) is 5. The minimum absolute atomic E-state index is 0.00332. The van der Waals surface area contributed by atoms with Crippen LogP contribution in [0.2, 0.25) is 0 Å². The maximum Gasteiger partial charge on any atom is 0.195 e. The number of aromatic nitrogens is 1. The van der Waals surface area contributed by atoms with E-state index in [1.165, 1.54) is 0 Å². The van der Waals surface area contributed by atoms with Crippen molar-refractivity contribution in [3.63, 3.8) is 0 Å². The fourth-order valence-electron chi connectivity index (χ4n) is 3.33. The van der Waals surface area contributed by atoms with Gasteiger partial charge in [0.1, 0.15) is 0 Å². The summed E-state index contributed by atoms with van der Waals surface area (Å²) >= 11 is 0. The molecule has 3 rings (SSSR count). The standard InChI is InChI=1S/C24H28N4O/c1-18-12-13-22(20(17-18)23(29)19-9-5-4-6-10-19)28(16-8-15-27(2)3)24-21(25)11-7-14-26-24/h4-7,9-14,17H,8,15-16,25H2,1-3H3. The molecule has 2 aromatic carbocycles. The molecule has 0 radical (unpaired) electrons. The Balaban J connectivity index is 2.07. The van der Waals surface area contributed by atoms with Crippen molar-refractivity contribution in [2.24, 2.45) is 0 Å². The summed E-state index contributed by atoms with van der Waals surface area (Å²) in [4.78, 5) is 22.1. The molecule has 0 fully saturated rings. The number of benzene rings is 2. The number of pyridine rings is 1.